The van der Waals surface area contributed by atoms with E-state index in [0.717, 1.165) is 0 Å². The topological polar surface area (TPSA) is 72.3 Å². The second-order valence-electron chi connectivity index (χ2n) is 4.00. The molecule has 2 aromatic rings. The molecule has 0 saturated heterocycles. The van der Waals surface area contributed by atoms with Gasteiger partial charge >= 0.3 is 0 Å². The van der Waals surface area contributed by atoms with Gasteiger partial charge in [0.15, 0.2) is 34.6 Å². The number of hydrogen-bond acceptors (Lipinski definition) is 4. The highest BCUT2D eigenvalue weighted by Crippen LogP contribution is 2.29. The second kappa shape index (κ2) is 6.02. The third kappa shape index (κ3) is 2.91. The van der Waals surface area contributed by atoms with Crippen molar-refractivity contribution in [2.45, 2.75) is 0 Å². The van der Waals surface area contributed by atoms with Crippen LogP contribution in [0.5, 0.6) is 0 Å². The van der Waals surface area contributed by atoms with E-state index in [1.165, 1.54) is 12.1 Å². The summed E-state index contributed by atoms with van der Waals surface area (Å²) >= 11 is 0. The standard InChI is InChI=1S/C14H4F4N4/c15-9-1-7(5-19)2-10(16)13(9)21-22-14-11(17)3-8(6-20)4-12(14)18/h1-4H. The highest BCUT2D eigenvalue weighted by molar-refractivity contribution is 5.48. The summed E-state index contributed by atoms with van der Waals surface area (Å²) < 4.78 is 54.2. The van der Waals surface area contributed by atoms with E-state index in [1.54, 1.807) is 0 Å². The molecule has 2 rings (SSSR count). The third-order valence-corrected chi connectivity index (χ3v) is 2.54. The van der Waals surface area contributed by atoms with Gasteiger partial charge in [0.2, 0.25) is 0 Å². The van der Waals surface area contributed by atoms with Crippen LogP contribution < -0.4 is 0 Å². The van der Waals surface area contributed by atoms with Crippen LogP contribution in [0.15, 0.2) is 34.5 Å². The minimum Gasteiger partial charge on any atom is -0.204 e. The minimum atomic E-state index is -1.20. The van der Waals surface area contributed by atoms with Crippen LogP contribution in [-0.2, 0) is 0 Å². The van der Waals surface area contributed by atoms with Crippen molar-refractivity contribution in [2.75, 3.05) is 0 Å². The Morgan fingerprint density at radius 3 is 1.14 bits per heavy atom. The SMILES string of the molecule is N#Cc1cc(F)c(N=Nc2c(F)cc(C#N)cc2F)c(F)c1. The Bertz CT molecular complexity index is 745. The van der Waals surface area contributed by atoms with Crippen LogP contribution in [0, 0.1) is 45.9 Å². The normalized spacial score (nSPS) is 10.5. The van der Waals surface area contributed by atoms with Crippen molar-refractivity contribution in [1.29, 1.82) is 10.5 Å². The fourth-order valence-corrected chi connectivity index (χ4v) is 1.55. The molecular formula is C14H4F4N4. The van der Waals surface area contributed by atoms with Gasteiger partial charge in [0.05, 0.1) is 23.3 Å². The lowest BCUT2D eigenvalue weighted by atomic mass is 10.2. The fraction of sp³-hybridized carbons (Fsp3) is 0. The quantitative estimate of drug-likeness (QED) is 0.609. The van der Waals surface area contributed by atoms with Crippen molar-refractivity contribution < 1.29 is 17.6 Å². The van der Waals surface area contributed by atoms with Gasteiger partial charge in [-0.15, -0.1) is 10.2 Å². The van der Waals surface area contributed by atoms with E-state index >= 15 is 0 Å². The maximum absolute atomic E-state index is 13.5. The zero-order chi connectivity index (χ0) is 16.3. The minimum absolute atomic E-state index is 0.273. The highest BCUT2D eigenvalue weighted by atomic mass is 19.1. The van der Waals surface area contributed by atoms with E-state index in [9.17, 15) is 17.6 Å². The molecule has 0 radical (unpaired) electrons. The molecule has 8 heteroatoms. The van der Waals surface area contributed by atoms with Crippen LogP contribution in [0.2, 0.25) is 0 Å². The molecule has 0 aliphatic rings. The molecule has 0 atom stereocenters. The van der Waals surface area contributed by atoms with E-state index < -0.39 is 34.6 Å². The second-order valence-corrected chi connectivity index (χ2v) is 4.00. The molecule has 0 amide bonds. The molecule has 0 saturated carbocycles. The Kier molecular flexibility index (Phi) is 4.14. The van der Waals surface area contributed by atoms with Gasteiger partial charge in [-0.3, -0.25) is 0 Å². The van der Waals surface area contributed by atoms with Crippen LogP contribution in [0.25, 0.3) is 0 Å². The van der Waals surface area contributed by atoms with Crippen LogP contribution in [0.4, 0.5) is 28.9 Å². The number of nitriles is 2. The van der Waals surface area contributed by atoms with E-state index in [-0.39, 0.29) is 11.1 Å². The number of nitrogens with zero attached hydrogens (tertiary/aromatic N) is 4. The van der Waals surface area contributed by atoms with Crippen molar-refractivity contribution in [3.8, 4) is 12.1 Å². The Hall–Kier alpha value is -3.26. The molecule has 0 aliphatic carbocycles. The Morgan fingerprint density at radius 1 is 0.636 bits per heavy atom. The van der Waals surface area contributed by atoms with Gasteiger partial charge in [-0.25, -0.2) is 17.6 Å². The Labute approximate surface area is 121 Å². The van der Waals surface area contributed by atoms with Crippen LogP contribution in [0.1, 0.15) is 11.1 Å². The van der Waals surface area contributed by atoms with Crippen molar-refractivity contribution in [3.05, 3.63) is 58.7 Å². The zero-order valence-electron chi connectivity index (χ0n) is 10.6. The first-order valence-corrected chi connectivity index (χ1v) is 5.66. The summed E-state index contributed by atoms with van der Waals surface area (Å²) in [4.78, 5) is 0. The lowest BCUT2D eigenvalue weighted by molar-refractivity contribution is 0.576. The molecule has 0 N–H and O–H groups in total. The molecule has 0 spiro atoms. The van der Waals surface area contributed by atoms with Crippen LogP contribution in [-0.4, -0.2) is 0 Å². The Morgan fingerprint density at radius 2 is 0.909 bits per heavy atom. The van der Waals surface area contributed by atoms with Gasteiger partial charge in [0.25, 0.3) is 0 Å². The summed E-state index contributed by atoms with van der Waals surface area (Å²) in [7, 11) is 0. The Balaban J connectivity index is 2.47. The third-order valence-electron chi connectivity index (χ3n) is 2.54. The average Bonchev–Trinajstić information content (AvgIpc) is 2.47. The molecule has 4 nitrogen and oxygen atoms in total. The van der Waals surface area contributed by atoms with Crippen molar-refractivity contribution in [1.82, 2.24) is 0 Å². The highest BCUT2D eigenvalue weighted by Gasteiger charge is 2.14. The largest absolute Gasteiger partial charge is 0.204 e. The first-order valence-electron chi connectivity index (χ1n) is 5.66. The lowest BCUT2D eigenvalue weighted by Crippen LogP contribution is -1.87. The van der Waals surface area contributed by atoms with Crippen LogP contribution >= 0.6 is 0 Å². The fourth-order valence-electron chi connectivity index (χ4n) is 1.55. The van der Waals surface area contributed by atoms with Gasteiger partial charge in [0.1, 0.15) is 0 Å². The summed E-state index contributed by atoms with van der Waals surface area (Å²) in [6.07, 6.45) is 0. The molecule has 0 aromatic heterocycles. The van der Waals surface area contributed by atoms with Gasteiger partial charge in [0, 0.05) is 0 Å². The molecule has 0 unspecified atom stereocenters. The maximum Gasteiger partial charge on any atom is 0.157 e. The molecule has 0 heterocycles. The number of rotatable bonds is 2. The monoisotopic (exact) mass is 304 g/mol. The summed E-state index contributed by atoms with van der Waals surface area (Å²) in [6, 6.07) is 5.92. The summed E-state index contributed by atoms with van der Waals surface area (Å²) in [5.74, 6) is -4.80. The number of hydrogen-bond donors (Lipinski definition) is 0. The molecule has 0 fully saturated rings. The summed E-state index contributed by atoms with van der Waals surface area (Å²) in [6.45, 7) is 0. The van der Waals surface area contributed by atoms with Crippen molar-refractivity contribution in [2.24, 2.45) is 10.2 Å². The summed E-state index contributed by atoms with van der Waals surface area (Å²) in [5, 5.41) is 23.4. The van der Waals surface area contributed by atoms with Crippen molar-refractivity contribution in [3.63, 3.8) is 0 Å². The predicted molar refractivity (Wildman–Crippen MR) is 66.3 cm³/mol. The molecule has 108 valence electrons. The van der Waals surface area contributed by atoms with Crippen molar-refractivity contribution >= 4 is 11.4 Å². The van der Waals surface area contributed by atoms with E-state index in [0.29, 0.717) is 24.3 Å². The van der Waals surface area contributed by atoms with E-state index in [2.05, 4.69) is 10.2 Å². The van der Waals surface area contributed by atoms with E-state index in [1.807, 2.05) is 0 Å². The lowest BCUT2D eigenvalue weighted by Gasteiger charge is -2.01. The molecule has 2 aromatic carbocycles. The molecule has 22 heavy (non-hydrogen) atoms. The van der Waals surface area contributed by atoms with Gasteiger partial charge in [-0.1, -0.05) is 0 Å². The average molecular weight is 304 g/mol. The molecular weight excluding hydrogens is 300 g/mol. The number of halogens is 4. The van der Waals surface area contributed by atoms with Gasteiger partial charge < -0.3 is 0 Å². The van der Waals surface area contributed by atoms with Gasteiger partial charge in [-0.2, -0.15) is 10.5 Å². The predicted octanol–water partition coefficient (Wildman–Crippen LogP) is 4.40. The molecule has 0 aliphatic heterocycles. The van der Waals surface area contributed by atoms with E-state index in [4.69, 9.17) is 10.5 Å². The van der Waals surface area contributed by atoms with Crippen LogP contribution in [0.3, 0.4) is 0 Å². The first kappa shape index (κ1) is 15.1. The zero-order valence-corrected chi connectivity index (χ0v) is 10.6. The smallest absolute Gasteiger partial charge is 0.157 e. The molecule has 0 bridgehead atoms. The van der Waals surface area contributed by atoms with Gasteiger partial charge in [-0.05, 0) is 24.3 Å². The maximum atomic E-state index is 13.5. The first-order chi connectivity index (χ1) is 10.5. The summed E-state index contributed by atoms with van der Waals surface area (Å²) in [5.41, 5.74) is -2.32. The number of benzene rings is 2. The number of azo groups is 1.